The third kappa shape index (κ3) is 6.54. The van der Waals surface area contributed by atoms with Gasteiger partial charge in [0.15, 0.2) is 0 Å². The monoisotopic (exact) mass is 433 g/mol. The first-order valence-corrected chi connectivity index (χ1v) is 11.4. The fourth-order valence-electron chi connectivity index (χ4n) is 3.79. The molecule has 5 heteroatoms. The summed E-state index contributed by atoms with van der Waals surface area (Å²) in [6.07, 6.45) is 4.30. The first kappa shape index (κ1) is 23.7. The van der Waals surface area contributed by atoms with E-state index in [4.69, 9.17) is 0 Å². The maximum Gasteiger partial charge on any atom is 0.251 e. The highest BCUT2D eigenvalue weighted by atomic mass is 16.2. The lowest BCUT2D eigenvalue weighted by Gasteiger charge is -2.35. The first-order valence-electron chi connectivity index (χ1n) is 11.4. The molecule has 1 saturated heterocycles. The lowest BCUT2D eigenvalue weighted by atomic mass is 9.86. The quantitative estimate of drug-likeness (QED) is 0.750. The Hall–Kier alpha value is -2.92. The molecule has 5 nitrogen and oxygen atoms in total. The van der Waals surface area contributed by atoms with Crippen LogP contribution in [0.1, 0.15) is 49.2 Å². The van der Waals surface area contributed by atoms with Crippen LogP contribution in [0.5, 0.6) is 0 Å². The van der Waals surface area contributed by atoms with Gasteiger partial charge in [-0.1, -0.05) is 75.4 Å². The molecule has 2 aromatic rings. The normalized spacial score (nSPS) is 16.2. The van der Waals surface area contributed by atoms with Crippen molar-refractivity contribution in [1.82, 2.24) is 15.1 Å². The number of amides is 2. The van der Waals surface area contributed by atoms with Crippen LogP contribution in [0.4, 0.5) is 0 Å². The van der Waals surface area contributed by atoms with Crippen LogP contribution in [-0.4, -0.2) is 60.4 Å². The van der Waals surface area contributed by atoms with Crippen LogP contribution in [0.15, 0.2) is 60.7 Å². The molecule has 0 aliphatic carbocycles. The summed E-state index contributed by atoms with van der Waals surface area (Å²) in [6.45, 7) is 12.1. The lowest BCUT2D eigenvalue weighted by molar-refractivity contribution is -0.134. The zero-order chi connectivity index (χ0) is 23.1. The van der Waals surface area contributed by atoms with Gasteiger partial charge in [-0.2, -0.15) is 0 Å². The Labute approximate surface area is 192 Å². The van der Waals surface area contributed by atoms with E-state index >= 15 is 0 Å². The van der Waals surface area contributed by atoms with E-state index in [-0.39, 0.29) is 17.2 Å². The van der Waals surface area contributed by atoms with Crippen molar-refractivity contribution in [2.24, 2.45) is 0 Å². The second-order valence-electron chi connectivity index (χ2n) is 9.46. The fourth-order valence-corrected chi connectivity index (χ4v) is 3.79. The predicted octanol–water partition coefficient (Wildman–Crippen LogP) is 3.96. The highest BCUT2D eigenvalue weighted by Crippen LogP contribution is 2.22. The number of hydrogen-bond donors (Lipinski definition) is 1. The molecule has 1 aliphatic rings. The van der Waals surface area contributed by atoms with Crippen molar-refractivity contribution >= 4 is 17.9 Å². The van der Waals surface area contributed by atoms with Crippen molar-refractivity contribution in [3.8, 4) is 0 Å². The van der Waals surface area contributed by atoms with Gasteiger partial charge in [-0.3, -0.25) is 14.5 Å². The predicted molar refractivity (Wildman–Crippen MR) is 131 cm³/mol. The molecule has 170 valence electrons. The van der Waals surface area contributed by atoms with Gasteiger partial charge in [0.2, 0.25) is 5.91 Å². The average molecular weight is 434 g/mol. The molecular weight excluding hydrogens is 398 g/mol. The molecule has 0 radical (unpaired) electrons. The minimum absolute atomic E-state index is 0.0239. The van der Waals surface area contributed by atoms with Crippen molar-refractivity contribution in [1.29, 1.82) is 0 Å². The molecule has 1 unspecified atom stereocenters. The topological polar surface area (TPSA) is 52.7 Å². The Morgan fingerprint density at radius 2 is 1.59 bits per heavy atom. The minimum atomic E-state index is -0.547. The van der Waals surface area contributed by atoms with Crippen molar-refractivity contribution in [3.05, 3.63) is 77.4 Å². The highest BCUT2D eigenvalue weighted by molar-refractivity contribution is 5.97. The van der Waals surface area contributed by atoms with Crippen LogP contribution >= 0.6 is 0 Å². The number of hydrogen-bond acceptors (Lipinski definition) is 3. The SMILES string of the molecule is CC(NC(=O)c1ccc(C(C)(C)C)cc1)C(=O)N1CCN(C/C=C/c2ccccc2)CC1. The molecular formula is C27H35N3O2. The van der Waals surface area contributed by atoms with Gasteiger partial charge in [0.05, 0.1) is 0 Å². The number of carbonyl (C=O) groups is 2. The van der Waals surface area contributed by atoms with Crippen LogP contribution in [0.2, 0.25) is 0 Å². The molecule has 2 aromatic carbocycles. The number of benzene rings is 2. The van der Waals surface area contributed by atoms with E-state index in [1.807, 2.05) is 47.4 Å². The van der Waals surface area contributed by atoms with Gasteiger partial charge in [-0.05, 0) is 35.6 Å². The van der Waals surface area contributed by atoms with Crippen LogP contribution in [0.3, 0.4) is 0 Å². The minimum Gasteiger partial charge on any atom is -0.341 e. The summed E-state index contributed by atoms with van der Waals surface area (Å²) < 4.78 is 0. The Morgan fingerprint density at radius 3 is 2.19 bits per heavy atom. The maximum atomic E-state index is 12.8. The standard InChI is InChI=1S/C27H35N3O2/c1-21(28-25(31)23-12-14-24(15-13-23)27(2,3)4)26(32)30-19-17-29(18-20-30)16-8-11-22-9-6-5-7-10-22/h5-15,21H,16-20H2,1-4H3,(H,28,31)/b11-8+. The molecule has 32 heavy (non-hydrogen) atoms. The first-order chi connectivity index (χ1) is 15.2. The van der Waals surface area contributed by atoms with Gasteiger partial charge in [0, 0.05) is 38.3 Å². The van der Waals surface area contributed by atoms with Crippen molar-refractivity contribution in [2.45, 2.75) is 39.2 Å². The summed E-state index contributed by atoms with van der Waals surface area (Å²) in [5.74, 6) is -0.236. The third-order valence-corrected chi connectivity index (χ3v) is 5.89. The largest absolute Gasteiger partial charge is 0.341 e. The molecule has 0 spiro atoms. The van der Waals surface area contributed by atoms with Gasteiger partial charge >= 0.3 is 0 Å². The molecule has 0 bridgehead atoms. The van der Waals surface area contributed by atoms with Crippen molar-refractivity contribution in [2.75, 3.05) is 32.7 Å². The Morgan fingerprint density at radius 1 is 0.969 bits per heavy atom. The third-order valence-electron chi connectivity index (χ3n) is 5.89. The van der Waals surface area contributed by atoms with Crippen molar-refractivity contribution in [3.63, 3.8) is 0 Å². The average Bonchev–Trinajstić information content (AvgIpc) is 2.79. The lowest BCUT2D eigenvalue weighted by Crippen LogP contribution is -2.54. The molecule has 1 atom stereocenters. The van der Waals surface area contributed by atoms with E-state index in [0.717, 1.165) is 19.6 Å². The number of piperazine rings is 1. The van der Waals surface area contributed by atoms with E-state index in [2.05, 4.69) is 55.3 Å². The summed E-state index contributed by atoms with van der Waals surface area (Å²) in [6, 6.07) is 17.3. The van der Waals surface area contributed by atoms with Crippen molar-refractivity contribution < 1.29 is 9.59 Å². The number of carbonyl (C=O) groups excluding carboxylic acids is 2. The van der Waals surface area contributed by atoms with Gasteiger partial charge in [0.1, 0.15) is 6.04 Å². The fraction of sp³-hybridized carbons (Fsp3) is 0.407. The Balaban J connectivity index is 1.45. The van der Waals surface area contributed by atoms with E-state index in [9.17, 15) is 9.59 Å². The van der Waals surface area contributed by atoms with E-state index in [0.29, 0.717) is 18.7 Å². The van der Waals surface area contributed by atoms with Crippen LogP contribution in [-0.2, 0) is 10.2 Å². The molecule has 1 fully saturated rings. The summed E-state index contributed by atoms with van der Waals surface area (Å²) in [7, 11) is 0. The number of rotatable bonds is 6. The summed E-state index contributed by atoms with van der Waals surface area (Å²) in [5.41, 5.74) is 2.99. The summed E-state index contributed by atoms with van der Waals surface area (Å²) in [5, 5.41) is 2.86. The Kier molecular flexibility index (Phi) is 7.86. The maximum absolute atomic E-state index is 12.8. The molecule has 1 heterocycles. The van der Waals surface area contributed by atoms with Gasteiger partial charge in [-0.25, -0.2) is 0 Å². The molecule has 3 rings (SSSR count). The van der Waals surface area contributed by atoms with Crippen LogP contribution in [0.25, 0.3) is 6.08 Å². The molecule has 1 aliphatic heterocycles. The summed E-state index contributed by atoms with van der Waals surface area (Å²) >= 11 is 0. The highest BCUT2D eigenvalue weighted by Gasteiger charge is 2.26. The van der Waals surface area contributed by atoms with E-state index in [1.54, 1.807) is 6.92 Å². The second kappa shape index (κ2) is 10.6. The van der Waals surface area contributed by atoms with Gasteiger partial charge in [0.25, 0.3) is 5.91 Å². The number of nitrogens with one attached hydrogen (secondary N) is 1. The number of nitrogens with zero attached hydrogens (tertiary/aromatic N) is 2. The van der Waals surface area contributed by atoms with Crippen LogP contribution in [0, 0.1) is 0 Å². The molecule has 0 saturated carbocycles. The molecule has 0 aromatic heterocycles. The Bertz CT molecular complexity index is 922. The van der Waals surface area contributed by atoms with E-state index in [1.165, 1.54) is 11.1 Å². The second-order valence-corrected chi connectivity index (χ2v) is 9.46. The smallest absolute Gasteiger partial charge is 0.251 e. The molecule has 1 N–H and O–H groups in total. The van der Waals surface area contributed by atoms with Crippen LogP contribution < -0.4 is 5.32 Å². The van der Waals surface area contributed by atoms with Gasteiger partial charge in [-0.15, -0.1) is 0 Å². The van der Waals surface area contributed by atoms with Gasteiger partial charge < -0.3 is 10.2 Å². The zero-order valence-electron chi connectivity index (χ0n) is 19.7. The summed E-state index contributed by atoms with van der Waals surface area (Å²) in [4.78, 5) is 29.6. The zero-order valence-corrected chi connectivity index (χ0v) is 19.7. The van der Waals surface area contributed by atoms with E-state index < -0.39 is 6.04 Å². The molecule has 2 amide bonds.